The van der Waals surface area contributed by atoms with Crippen LogP contribution in [0.4, 0.5) is 0 Å². The standard InChI is InChI=1S/C16H25NO2/c1-14-8-4-5-9-16(14)19-13-15(18)12-17-10-6-2-3-7-11-17/h4-5,8-9,15,18H,2-3,6-7,10-13H2,1H3. The molecule has 0 aliphatic carbocycles. The number of para-hydroxylation sites is 1. The number of aliphatic hydroxyl groups is 1. The van der Waals surface area contributed by atoms with Gasteiger partial charge in [0.05, 0.1) is 0 Å². The van der Waals surface area contributed by atoms with Crippen LogP contribution in [0.5, 0.6) is 5.75 Å². The van der Waals surface area contributed by atoms with E-state index in [-0.39, 0.29) is 0 Å². The van der Waals surface area contributed by atoms with Gasteiger partial charge in [-0.2, -0.15) is 0 Å². The molecule has 0 amide bonds. The molecule has 1 atom stereocenters. The highest BCUT2D eigenvalue weighted by Gasteiger charge is 2.14. The van der Waals surface area contributed by atoms with Gasteiger partial charge in [0.25, 0.3) is 0 Å². The molecule has 106 valence electrons. The molecule has 0 aromatic heterocycles. The number of hydrogen-bond donors (Lipinski definition) is 1. The van der Waals surface area contributed by atoms with Crippen molar-refractivity contribution in [2.75, 3.05) is 26.2 Å². The molecule has 1 unspecified atom stereocenters. The minimum absolute atomic E-state index is 0.376. The Hall–Kier alpha value is -1.06. The van der Waals surface area contributed by atoms with Crippen molar-refractivity contribution in [3.8, 4) is 5.75 Å². The van der Waals surface area contributed by atoms with E-state index < -0.39 is 6.10 Å². The van der Waals surface area contributed by atoms with E-state index in [1.807, 2.05) is 31.2 Å². The van der Waals surface area contributed by atoms with Crippen LogP contribution in [0.1, 0.15) is 31.2 Å². The van der Waals surface area contributed by atoms with Gasteiger partial charge in [-0.1, -0.05) is 31.0 Å². The third-order valence-corrected chi connectivity index (χ3v) is 3.69. The van der Waals surface area contributed by atoms with E-state index in [0.717, 1.165) is 30.9 Å². The van der Waals surface area contributed by atoms with E-state index in [2.05, 4.69) is 4.90 Å². The third-order valence-electron chi connectivity index (χ3n) is 3.69. The molecule has 1 aliphatic heterocycles. The van der Waals surface area contributed by atoms with Gasteiger partial charge in [0.15, 0.2) is 0 Å². The fraction of sp³-hybridized carbons (Fsp3) is 0.625. The lowest BCUT2D eigenvalue weighted by Crippen LogP contribution is -2.36. The molecule has 1 aliphatic rings. The Labute approximate surface area is 116 Å². The Bertz CT molecular complexity index is 373. The molecule has 0 bridgehead atoms. The maximum absolute atomic E-state index is 10.1. The predicted octanol–water partition coefficient (Wildman–Crippen LogP) is 2.61. The van der Waals surface area contributed by atoms with Gasteiger partial charge in [-0.05, 0) is 44.5 Å². The van der Waals surface area contributed by atoms with Crippen molar-refractivity contribution in [3.63, 3.8) is 0 Å². The zero-order valence-electron chi connectivity index (χ0n) is 11.8. The normalized spacial score (nSPS) is 18.8. The van der Waals surface area contributed by atoms with Crippen LogP contribution in [0, 0.1) is 6.92 Å². The predicted molar refractivity (Wildman–Crippen MR) is 77.6 cm³/mol. The number of aliphatic hydroxyl groups excluding tert-OH is 1. The van der Waals surface area contributed by atoms with Crippen molar-refractivity contribution >= 4 is 0 Å². The van der Waals surface area contributed by atoms with E-state index >= 15 is 0 Å². The van der Waals surface area contributed by atoms with Gasteiger partial charge in [-0.3, -0.25) is 0 Å². The SMILES string of the molecule is Cc1ccccc1OCC(O)CN1CCCCCC1. The van der Waals surface area contributed by atoms with Gasteiger partial charge in [0.2, 0.25) is 0 Å². The molecule has 1 fully saturated rings. The van der Waals surface area contributed by atoms with Crippen LogP contribution in [-0.2, 0) is 0 Å². The van der Waals surface area contributed by atoms with E-state index in [1.165, 1.54) is 25.7 Å². The molecule has 3 nitrogen and oxygen atoms in total. The highest BCUT2D eigenvalue weighted by molar-refractivity contribution is 5.31. The lowest BCUT2D eigenvalue weighted by Gasteiger charge is -2.23. The molecule has 0 saturated carbocycles. The van der Waals surface area contributed by atoms with Gasteiger partial charge in [0.1, 0.15) is 18.5 Å². The van der Waals surface area contributed by atoms with Crippen LogP contribution in [-0.4, -0.2) is 42.4 Å². The Morgan fingerprint density at radius 3 is 2.53 bits per heavy atom. The summed E-state index contributed by atoms with van der Waals surface area (Å²) in [5.74, 6) is 0.873. The molecule has 0 radical (unpaired) electrons. The molecule has 2 rings (SSSR count). The van der Waals surface area contributed by atoms with Gasteiger partial charge < -0.3 is 14.7 Å². The molecule has 3 heteroatoms. The lowest BCUT2D eigenvalue weighted by atomic mass is 10.2. The van der Waals surface area contributed by atoms with Crippen LogP contribution in [0.15, 0.2) is 24.3 Å². The molecule has 1 aromatic carbocycles. The number of nitrogens with zero attached hydrogens (tertiary/aromatic N) is 1. The van der Waals surface area contributed by atoms with E-state index in [1.54, 1.807) is 0 Å². The molecule has 1 saturated heterocycles. The Balaban J connectivity index is 1.74. The zero-order chi connectivity index (χ0) is 13.5. The quantitative estimate of drug-likeness (QED) is 0.886. The van der Waals surface area contributed by atoms with Gasteiger partial charge >= 0.3 is 0 Å². The molecular formula is C16H25NO2. The minimum atomic E-state index is -0.405. The second-order valence-corrected chi connectivity index (χ2v) is 5.45. The van der Waals surface area contributed by atoms with Crippen LogP contribution in [0.2, 0.25) is 0 Å². The summed E-state index contributed by atoms with van der Waals surface area (Å²) in [5, 5.41) is 10.1. The number of likely N-dealkylation sites (tertiary alicyclic amines) is 1. The zero-order valence-corrected chi connectivity index (χ0v) is 11.8. The monoisotopic (exact) mass is 263 g/mol. The fourth-order valence-corrected chi connectivity index (χ4v) is 2.57. The minimum Gasteiger partial charge on any atom is -0.491 e. The second-order valence-electron chi connectivity index (χ2n) is 5.45. The van der Waals surface area contributed by atoms with Crippen molar-refractivity contribution in [3.05, 3.63) is 29.8 Å². The van der Waals surface area contributed by atoms with E-state index in [4.69, 9.17) is 4.74 Å². The highest BCUT2D eigenvalue weighted by atomic mass is 16.5. The number of aryl methyl sites for hydroxylation is 1. The number of β-amino-alcohol motifs (C(OH)–C–C–N with tert-alkyl or cyclic N) is 1. The first-order valence-corrected chi connectivity index (χ1v) is 7.34. The maximum Gasteiger partial charge on any atom is 0.122 e. The summed E-state index contributed by atoms with van der Waals surface area (Å²) in [4.78, 5) is 2.36. The average molecular weight is 263 g/mol. The molecule has 1 aromatic rings. The average Bonchev–Trinajstić information content (AvgIpc) is 2.66. The van der Waals surface area contributed by atoms with Crippen molar-refractivity contribution in [2.24, 2.45) is 0 Å². The van der Waals surface area contributed by atoms with E-state index in [0.29, 0.717) is 6.61 Å². The van der Waals surface area contributed by atoms with Crippen LogP contribution in [0.3, 0.4) is 0 Å². The molecule has 1 N–H and O–H groups in total. The van der Waals surface area contributed by atoms with Crippen molar-refractivity contribution in [2.45, 2.75) is 38.7 Å². The number of benzene rings is 1. The summed E-state index contributed by atoms with van der Waals surface area (Å²) in [6.45, 7) is 5.35. The number of rotatable bonds is 5. The first-order valence-electron chi connectivity index (χ1n) is 7.34. The topological polar surface area (TPSA) is 32.7 Å². The molecule has 19 heavy (non-hydrogen) atoms. The number of hydrogen-bond acceptors (Lipinski definition) is 3. The summed E-state index contributed by atoms with van der Waals surface area (Å²) in [6.07, 6.45) is 4.76. The molecule has 1 heterocycles. The van der Waals surface area contributed by atoms with Crippen LogP contribution >= 0.6 is 0 Å². The number of ether oxygens (including phenoxy) is 1. The summed E-state index contributed by atoms with van der Waals surface area (Å²) in [5.41, 5.74) is 1.12. The van der Waals surface area contributed by atoms with Crippen molar-refractivity contribution < 1.29 is 9.84 Å². The van der Waals surface area contributed by atoms with E-state index in [9.17, 15) is 5.11 Å². The summed E-state index contributed by atoms with van der Waals surface area (Å²) in [6, 6.07) is 7.93. The van der Waals surface area contributed by atoms with Crippen molar-refractivity contribution in [1.29, 1.82) is 0 Å². The smallest absolute Gasteiger partial charge is 0.122 e. The maximum atomic E-state index is 10.1. The third kappa shape index (κ3) is 4.84. The summed E-state index contributed by atoms with van der Waals surface area (Å²) in [7, 11) is 0. The first kappa shape index (κ1) is 14.4. The van der Waals surface area contributed by atoms with Crippen LogP contribution in [0.25, 0.3) is 0 Å². The Kier molecular flexibility index (Phi) is 5.67. The summed E-state index contributed by atoms with van der Waals surface area (Å²) >= 11 is 0. The van der Waals surface area contributed by atoms with Crippen LogP contribution < -0.4 is 4.74 Å². The summed E-state index contributed by atoms with van der Waals surface area (Å²) < 4.78 is 5.69. The highest BCUT2D eigenvalue weighted by Crippen LogP contribution is 2.16. The van der Waals surface area contributed by atoms with Gasteiger partial charge in [-0.15, -0.1) is 0 Å². The Morgan fingerprint density at radius 1 is 1.16 bits per heavy atom. The van der Waals surface area contributed by atoms with Crippen molar-refractivity contribution in [1.82, 2.24) is 4.90 Å². The lowest BCUT2D eigenvalue weighted by molar-refractivity contribution is 0.0691. The largest absolute Gasteiger partial charge is 0.491 e. The van der Waals surface area contributed by atoms with Gasteiger partial charge in [0, 0.05) is 6.54 Å². The van der Waals surface area contributed by atoms with Gasteiger partial charge in [-0.25, -0.2) is 0 Å². The molecular weight excluding hydrogens is 238 g/mol. The molecule has 0 spiro atoms. The Morgan fingerprint density at radius 2 is 1.84 bits per heavy atom. The fourth-order valence-electron chi connectivity index (χ4n) is 2.57. The first-order chi connectivity index (χ1) is 9.25. The second kappa shape index (κ2) is 7.51.